The maximum Gasteiger partial charge on any atom is 0.220 e. The van der Waals surface area contributed by atoms with Crippen molar-refractivity contribution < 1.29 is 14.3 Å². The molecule has 1 amide bonds. The first-order chi connectivity index (χ1) is 10.6. The van der Waals surface area contributed by atoms with Gasteiger partial charge in [-0.2, -0.15) is 0 Å². The van der Waals surface area contributed by atoms with E-state index in [0.29, 0.717) is 30.4 Å². The Labute approximate surface area is 132 Å². The van der Waals surface area contributed by atoms with Gasteiger partial charge in [0.2, 0.25) is 5.91 Å². The Hall–Kier alpha value is -1.75. The summed E-state index contributed by atoms with van der Waals surface area (Å²) >= 11 is 0. The minimum absolute atomic E-state index is 0.107. The van der Waals surface area contributed by atoms with Crippen molar-refractivity contribution >= 4 is 5.91 Å². The molecule has 2 rings (SSSR count). The van der Waals surface area contributed by atoms with E-state index in [0.717, 1.165) is 31.2 Å². The number of amides is 1. The monoisotopic (exact) mass is 306 g/mol. The smallest absolute Gasteiger partial charge is 0.220 e. The molecule has 0 bridgehead atoms. The summed E-state index contributed by atoms with van der Waals surface area (Å²) in [6.07, 6.45) is 5.16. The number of ether oxygens (including phenoxy) is 2. The van der Waals surface area contributed by atoms with Crippen LogP contribution in [0, 0.1) is 0 Å². The number of nitrogens with two attached hydrogens (primary N) is 1. The van der Waals surface area contributed by atoms with Gasteiger partial charge in [-0.3, -0.25) is 4.79 Å². The Bertz CT molecular complexity index is 497. The van der Waals surface area contributed by atoms with Crippen LogP contribution in [-0.4, -0.2) is 32.2 Å². The molecule has 1 aliphatic carbocycles. The predicted octanol–water partition coefficient (Wildman–Crippen LogP) is 2.02. The highest BCUT2D eigenvalue weighted by Gasteiger charge is 2.19. The Morgan fingerprint density at radius 1 is 1.18 bits per heavy atom. The van der Waals surface area contributed by atoms with E-state index < -0.39 is 0 Å². The molecular weight excluding hydrogens is 280 g/mol. The van der Waals surface area contributed by atoms with Crippen molar-refractivity contribution in [2.24, 2.45) is 5.73 Å². The third-order valence-electron chi connectivity index (χ3n) is 4.23. The summed E-state index contributed by atoms with van der Waals surface area (Å²) in [5, 5.41) is 3.11. The SMILES string of the molecule is COc1ccc(CCC(=O)NC2CCC(N)CC2)cc1OC. The Morgan fingerprint density at radius 3 is 2.50 bits per heavy atom. The second-order valence-corrected chi connectivity index (χ2v) is 5.87. The highest BCUT2D eigenvalue weighted by molar-refractivity contribution is 5.76. The zero-order valence-electron chi connectivity index (χ0n) is 13.4. The number of carbonyl (C=O) groups excluding carboxylic acids is 1. The molecule has 122 valence electrons. The lowest BCUT2D eigenvalue weighted by Gasteiger charge is -2.26. The zero-order valence-corrected chi connectivity index (χ0v) is 13.4. The molecule has 0 aliphatic heterocycles. The average molecular weight is 306 g/mol. The van der Waals surface area contributed by atoms with Crippen LogP contribution >= 0.6 is 0 Å². The first kappa shape index (κ1) is 16.6. The first-order valence-corrected chi connectivity index (χ1v) is 7.88. The predicted molar refractivity (Wildman–Crippen MR) is 86.2 cm³/mol. The first-order valence-electron chi connectivity index (χ1n) is 7.88. The fourth-order valence-electron chi connectivity index (χ4n) is 2.86. The van der Waals surface area contributed by atoms with Gasteiger partial charge in [0.05, 0.1) is 14.2 Å². The van der Waals surface area contributed by atoms with Crippen LogP contribution in [0.15, 0.2) is 18.2 Å². The fourth-order valence-corrected chi connectivity index (χ4v) is 2.86. The molecule has 0 atom stereocenters. The van der Waals surface area contributed by atoms with Gasteiger partial charge < -0.3 is 20.5 Å². The van der Waals surface area contributed by atoms with Gasteiger partial charge in [0.15, 0.2) is 11.5 Å². The quantitative estimate of drug-likeness (QED) is 0.843. The van der Waals surface area contributed by atoms with Crippen LogP contribution in [0.1, 0.15) is 37.7 Å². The van der Waals surface area contributed by atoms with Gasteiger partial charge in [0, 0.05) is 18.5 Å². The fraction of sp³-hybridized carbons (Fsp3) is 0.588. The number of hydrogen-bond acceptors (Lipinski definition) is 4. The van der Waals surface area contributed by atoms with Crippen molar-refractivity contribution in [3.63, 3.8) is 0 Å². The van der Waals surface area contributed by atoms with Crippen molar-refractivity contribution in [3.8, 4) is 11.5 Å². The Morgan fingerprint density at radius 2 is 1.86 bits per heavy atom. The Balaban J connectivity index is 1.81. The molecule has 1 aromatic rings. The summed E-state index contributed by atoms with van der Waals surface area (Å²) in [6.45, 7) is 0. The van der Waals surface area contributed by atoms with Crippen LogP contribution in [0.3, 0.4) is 0 Å². The molecule has 5 nitrogen and oxygen atoms in total. The lowest BCUT2D eigenvalue weighted by atomic mass is 9.91. The van der Waals surface area contributed by atoms with E-state index in [-0.39, 0.29) is 11.9 Å². The third-order valence-corrected chi connectivity index (χ3v) is 4.23. The maximum atomic E-state index is 12.0. The topological polar surface area (TPSA) is 73.6 Å². The van der Waals surface area contributed by atoms with Gasteiger partial charge >= 0.3 is 0 Å². The van der Waals surface area contributed by atoms with Gasteiger partial charge in [-0.05, 0) is 49.8 Å². The second-order valence-electron chi connectivity index (χ2n) is 5.87. The van der Waals surface area contributed by atoms with Gasteiger partial charge in [-0.25, -0.2) is 0 Å². The van der Waals surface area contributed by atoms with E-state index in [2.05, 4.69) is 5.32 Å². The van der Waals surface area contributed by atoms with Crippen molar-refractivity contribution in [1.82, 2.24) is 5.32 Å². The number of hydrogen-bond donors (Lipinski definition) is 2. The lowest BCUT2D eigenvalue weighted by molar-refractivity contribution is -0.122. The maximum absolute atomic E-state index is 12.0. The number of carbonyl (C=O) groups is 1. The van der Waals surface area contributed by atoms with Crippen LogP contribution in [0.2, 0.25) is 0 Å². The van der Waals surface area contributed by atoms with E-state index in [1.165, 1.54) is 0 Å². The molecule has 0 unspecified atom stereocenters. The molecule has 1 aromatic carbocycles. The van der Waals surface area contributed by atoms with E-state index in [4.69, 9.17) is 15.2 Å². The number of benzene rings is 1. The summed E-state index contributed by atoms with van der Waals surface area (Å²) < 4.78 is 10.5. The summed E-state index contributed by atoms with van der Waals surface area (Å²) in [6, 6.07) is 6.35. The second kappa shape index (κ2) is 8.03. The average Bonchev–Trinajstić information content (AvgIpc) is 2.54. The van der Waals surface area contributed by atoms with Gasteiger partial charge in [0.1, 0.15) is 0 Å². The van der Waals surface area contributed by atoms with Crippen LogP contribution in [0.4, 0.5) is 0 Å². The van der Waals surface area contributed by atoms with Crippen LogP contribution in [0.25, 0.3) is 0 Å². The zero-order chi connectivity index (χ0) is 15.9. The molecular formula is C17H26N2O3. The minimum atomic E-state index is 0.107. The molecule has 5 heteroatoms. The molecule has 0 aromatic heterocycles. The largest absolute Gasteiger partial charge is 0.493 e. The molecule has 1 fully saturated rings. The molecule has 0 heterocycles. The molecule has 1 aliphatic rings. The van der Waals surface area contributed by atoms with Crippen molar-refractivity contribution in [1.29, 1.82) is 0 Å². The lowest BCUT2D eigenvalue weighted by Crippen LogP contribution is -2.40. The molecule has 0 spiro atoms. The molecule has 3 N–H and O–H groups in total. The molecule has 1 saturated carbocycles. The van der Waals surface area contributed by atoms with E-state index in [9.17, 15) is 4.79 Å². The summed E-state index contributed by atoms with van der Waals surface area (Å²) in [5.41, 5.74) is 6.95. The van der Waals surface area contributed by atoms with E-state index in [1.807, 2.05) is 18.2 Å². The number of methoxy groups -OCH3 is 2. The van der Waals surface area contributed by atoms with Gasteiger partial charge in [-0.1, -0.05) is 6.07 Å². The van der Waals surface area contributed by atoms with Crippen molar-refractivity contribution in [2.75, 3.05) is 14.2 Å². The summed E-state index contributed by atoms with van der Waals surface area (Å²) in [4.78, 5) is 12.0. The third kappa shape index (κ3) is 4.63. The summed E-state index contributed by atoms with van der Waals surface area (Å²) in [7, 11) is 3.23. The van der Waals surface area contributed by atoms with Gasteiger partial charge in [-0.15, -0.1) is 0 Å². The molecule has 0 radical (unpaired) electrons. The highest BCUT2D eigenvalue weighted by Crippen LogP contribution is 2.28. The van der Waals surface area contributed by atoms with Crippen LogP contribution in [-0.2, 0) is 11.2 Å². The van der Waals surface area contributed by atoms with Crippen molar-refractivity contribution in [3.05, 3.63) is 23.8 Å². The Kier molecular flexibility index (Phi) is 6.07. The van der Waals surface area contributed by atoms with E-state index >= 15 is 0 Å². The van der Waals surface area contributed by atoms with Gasteiger partial charge in [0.25, 0.3) is 0 Å². The van der Waals surface area contributed by atoms with Crippen molar-refractivity contribution in [2.45, 2.75) is 50.6 Å². The number of nitrogens with one attached hydrogen (secondary N) is 1. The number of aryl methyl sites for hydroxylation is 1. The van der Waals surface area contributed by atoms with Crippen LogP contribution < -0.4 is 20.5 Å². The standard InChI is InChI=1S/C17H26N2O3/c1-21-15-9-3-12(11-16(15)22-2)4-10-17(20)19-14-7-5-13(18)6-8-14/h3,9,11,13-14H,4-8,10,18H2,1-2H3,(H,19,20). The minimum Gasteiger partial charge on any atom is -0.493 e. The van der Waals surface area contributed by atoms with E-state index in [1.54, 1.807) is 14.2 Å². The normalized spacial score (nSPS) is 21.2. The number of rotatable bonds is 6. The van der Waals surface area contributed by atoms with Crippen LogP contribution in [0.5, 0.6) is 11.5 Å². The highest BCUT2D eigenvalue weighted by atomic mass is 16.5. The summed E-state index contributed by atoms with van der Waals surface area (Å²) in [5.74, 6) is 1.51. The molecule has 0 saturated heterocycles. The molecule has 22 heavy (non-hydrogen) atoms.